The fourth-order valence-corrected chi connectivity index (χ4v) is 2.44. The van der Waals surface area contributed by atoms with Gasteiger partial charge >= 0.3 is 0 Å². The summed E-state index contributed by atoms with van der Waals surface area (Å²) in [6.07, 6.45) is 0.651. The van der Waals surface area contributed by atoms with E-state index in [1.807, 2.05) is 48.3 Å². The zero-order valence-corrected chi connectivity index (χ0v) is 12.9. The number of hydrogen-bond donors (Lipinski definition) is 0. The largest absolute Gasteiger partial charge is 0.338 e. The number of nitrogens with zero attached hydrogens (tertiary/aromatic N) is 3. The third kappa shape index (κ3) is 4.47. The minimum absolute atomic E-state index is 0.223. The summed E-state index contributed by atoms with van der Waals surface area (Å²) in [4.78, 5) is 6.42. The van der Waals surface area contributed by atoms with Crippen molar-refractivity contribution in [1.82, 2.24) is 15.0 Å². The Morgan fingerprint density at radius 1 is 1.00 bits per heavy atom. The van der Waals surface area contributed by atoms with Crippen LogP contribution in [-0.2, 0) is 19.5 Å². The monoisotopic (exact) mass is 311 g/mol. The summed E-state index contributed by atoms with van der Waals surface area (Å²) >= 11 is 0. The molecule has 1 heterocycles. The Hall–Kier alpha value is -2.53. The second kappa shape index (κ2) is 7.15. The molecule has 1 aromatic heterocycles. The summed E-state index contributed by atoms with van der Waals surface area (Å²) < 4.78 is 18.5. The van der Waals surface area contributed by atoms with E-state index in [2.05, 4.69) is 10.1 Å². The molecule has 0 saturated heterocycles. The van der Waals surface area contributed by atoms with E-state index in [4.69, 9.17) is 4.52 Å². The topological polar surface area (TPSA) is 42.2 Å². The molecule has 0 saturated carbocycles. The lowest BCUT2D eigenvalue weighted by Gasteiger charge is -2.13. The van der Waals surface area contributed by atoms with Gasteiger partial charge in [-0.1, -0.05) is 47.6 Å². The maximum absolute atomic E-state index is 13.2. The smallest absolute Gasteiger partial charge is 0.240 e. The van der Waals surface area contributed by atoms with Crippen LogP contribution in [0.25, 0.3) is 0 Å². The standard InChI is InChI=1S/C18H18FN3O/c1-22(12-15-8-5-9-16(19)10-15)13-18-20-17(21-23-18)11-14-6-3-2-4-7-14/h2-10H,11-13H2,1H3. The number of rotatable bonds is 6. The first-order chi connectivity index (χ1) is 11.2. The highest BCUT2D eigenvalue weighted by Crippen LogP contribution is 2.10. The van der Waals surface area contributed by atoms with Crippen molar-refractivity contribution < 1.29 is 8.91 Å². The summed E-state index contributed by atoms with van der Waals surface area (Å²) in [5, 5.41) is 4.01. The Morgan fingerprint density at radius 2 is 1.78 bits per heavy atom. The molecule has 0 atom stereocenters. The van der Waals surface area contributed by atoms with Crippen molar-refractivity contribution in [3.8, 4) is 0 Å². The van der Waals surface area contributed by atoms with Gasteiger partial charge in [0.05, 0.1) is 6.54 Å². The first-order valence-electron chi connectivity index (χ1n) is 7.47. The van der Waals surface area contributed by atoms with Gasteiger partial charge in [-0.05, 0) is 30.3 Å². The fourth-order valence-electron chi connectivity index (χ4n) is 2.44. The lowest BCUT2D eigenvalue weighted by Crippen LogP contribution is -2.17. The highest BCUT2D eigenvalue weighted by molar-refractivity contribution is 5.18. The van der Waals surface area contributed by atoms with Gasteiger partial charge in [-0.25, -0.2) is 4.39 Å². The Morgan fingerprint density at radius 3 is 2.57 bits per heavy atom. The summed E-state index contributed by atoms with van der Waals surface area (Å²) in [5.74, 6) is 1.01. The second-order valence-corrected chi connectivity index (χ2v) is 5.57. The Bertz CT molecular complexity index is 758. The lowest BCUT2D eigenvalue weighted by atomic mass is 10.1. The Kier molecular flexibility index (Phi) is 4.78. The molecule has 3 rings (SSSR count). The number of aromatic nitrogens is 2. The van der Waals surface area contributed by atoms with Crippen molar-refractivity contribution in [2.45, 2.75) is 19.5 Å². The average Bonchev–Trinajstić information content (AvgIpc) is 2.95. The maximum atomic E-state index is 13.2. The van der Waals surface area contributed by atoms with E-state index >= 15 is 0 Å². The van der Waals surface area contributed by atoms with Crippen LogP contribution in [0.1, 0.15) is 22.8 Å². The van der Waals surface area contributed by atoms with Gasteiger partial charge in [-0.15, -0.1) is 0 Å². The van der Waals surface area contributed by atoms with Crippen LogP contribution in [0.4, 0.5) is 4.39 Å². The van der Waals surface area contributed by atoms with Gasteiger partial charge in [0.1, 0.15) is 5.82 Å². The van der Waals surface area contributed by atoms with Crippen LogP contribution >= 0.6 is 0 Å². The maximum Gasteiger partial charge on any atom is 0.240 e. The van der Waals surface area contributed by atoms with Crippen LogP contribution in [0.5, 0.6) is 0 Å². The first kappa shape index (κ1) is 15.4. The molecule has 0 aliphatic carbocycles. The van der Waals surface area contributed by atoms with Gasteiger partial charge in [0.2, 0.25) is 5.89 Å². The molecular weight excluding hydrogens is 293 g/mol. The van der Waals surface area contributed by atoms with Crippen LogP contribution in [0.3, 0.4) is 0 Å². The molecule has 4 nitrogen and oxygen atoms in total. The zero-order valence-electron chi connectivity index (χ0n) is 12.9. The summed E-state index contributed by atoms with van der Waals surface area (Å²) in [6.45, 7) is 1.15. The quantitative estimate of drug-likeness (QED) is 0.699. The predicted octanol–water partition coefficient (Wildman–Crippen LogP) is 3.43. The van der Waals surface area contributed by atoms with E-state index in [1.54, 1.807) is 6.07 Å². The van der Waals surface area contributed by atoms with Gasteiger partial charge in [0.15, 0.2) is 5.82 Å². The molecule has 23 heavy (non-hydrogen) atoms. The van der Waals surface area contributed by atoms with Gasteiger partial charge in [-0.2, -0.15) is 4.98 Å². The third-order valence-corrected chi connectivity index (χ3v) is 3.46. The third-order valence-electron chi connectivity index (χ3n) is 3.46. The minimum Gasteiger partial charge on any atom is -0.338 e. The summed E-state index contributed by atoms with van der Waals surface area (Å²) in [7, 11) is 1.94. The fraction of sp³-hybridized carbons (Fsp3) is 0.222. The van der Waals surface area contributed by atoms with Gasteiger partial charge in [-0.3, -0.25) is 4.90 Å². The van der Waals surface area contributed by atoms with E-state index < -0.39 is 0 Å². The van der Waals surface area contributed by atoms with Crippen LogP contribution in [0.15, 0.2) is 59.1 Å². The molecule has 0 aliphatic heterocycles. The van der Waals surface area contributed by atoms with Crippen molar-refractivity contribution in [3.63, 3.8) is 0 Å². The van der Waals surface area contributed by atoms with Crippen molar-refractivity contribution in [1.29, 1.82) is 0 Å². The van der Waals surface area contributed by atoms with Crippen LogP contribution in [-0.4, -0.2) is 22.1 Å². The first-order valence-corrected chi connectivity index (χ1v) is 7.47. The number of hydrogen-bond acceptors (Lipinski definition) is 4. The van der Waals surface area contributed by atoms with E-state index in [-0.39, 0.29) is 5.82 Å². The molecule has 118 valence electrons. The van der Waals surface area contributed by atoms with E-state index in [0.717, 1.165) is 11.1 Å². The minimum atomic E-state index is -0.223. The molecule has 0 aliphatic rings. The summed E-state index contributed by atoms with van der Waals surface area (Å²) in [6, 6.07) is 16.6. The van der Waals surface area contributed by atoms with Crippen molar-refractivity contribution in [3.05, 3.63) is 83.3 Å². The van der Waals surface area contributed by atoms with Gasteiger partial charge < -0.3 is 4.52 Å². The molecule has 0 N–H and O–H groups in total. The number of halogens is 1. The molecule has 5 heteroatoms. The molecule has 0 radical (unpaired) electrons. The highest BCUT2D eigenvalue weighted by Gasteiger charge is 2.10. The molecule has 0 bridgehead atoms. The van der Waals surface area contributed by atoms with Crippen LogP contribution in [0, 0.1) is 5.82 Å². The molecule has 0 fully saturated rings. The van der Waals surface area contributed by atoms with Crippen LogP contribution < -0.4 is 0 Å². The molecule has 0 amide bonds. The Balaban J connectivity index is 1.58. The SMILES string of the molecule is CN(Cc1cccc(F)c1)Cc1nc(Cc2ccccc2)no1. The molecule has 3 aromatic rings. The zero-order chi connectivity index (χ0) is 16.1. The molecule has 0 spiro atoms. The predicted molar refractivity (Wildman–Crippen MR) is 85.1 cm³/mol. The van der Waals surface area contributed by atoms with E-state index in [0.29, 0.717) is 31.2 Å². The van der Waals surface area contributed by atoms with E-state index in [1.165, 1.54) is 12.1 Å². The lowest BCUT2D eigenvalue weighted by molar-refractivity contribution is 0.260. The second-order valence-electron chi connectivity index (χ2n) is 5.57. The molecule has 0 unspecified atom stereocenters. The van der Waals surface area contributed by atoms with Gasteiger partial charge in [0, 0.05) is 13.0 Å². The van der Waals surface area contributed by atoms with Crippen molar-refractivity contribution in [2.24, 2.45) is 0 Å². The summed E-state index contributed by atoms with van der Waals surface area (Å²) in [5.41, 5.74) is 2.06. The number of benzene rings is 2. The Labute approximate surface area is 134 Å². The highest BCUT2D eigenvalue weighted by atomic mass is 19.1. The van der Waals surface area contributed by atoms with Crippen molar-refractivity contribution in [2.75, 3.05) is 7.05 Å². The average molecular weight is 311 g/mol. The molecular formula is C18H18FN3O. The van der Waals surface area contributed by atoms with E-state index in [9.17, 15) is 4.39 Å². The van der Waals surface area contributed by atoms with Crippen molar-refractivity contribution >= 4 is 0 Å². The normalized spacial score (nSPS) is 11.1. The van der Waals surface area contributed by atoms with Gasteiger partial charge in [0.25, 0.3) is 0 Å². The van der Waals surface area contributed by atoms with Crippen LogP contribution in [0.2, 0.25) is 0 Å². The molecule has 2 aromatic carbocycles.